The fraction of sp³-hybridized carbons (Fsp3) is 0.333. The number of fused-ring (bicyclic) bond motifs is 1. The lowest BCUT2D eigenvalue weighted by atomic mass is 9.92. The van der Waals surface area contributed by atoms with Gasteiger partial charge in [0, 0.05) is 24.8 Å². The molecular formula is C21H20F6N4O5S. The highest BCUT2D eigenvalue weighted by Crippen LogP contribution is 2.50. The zero-order chi connectivity index (χ0) is 28.0. The number of carbonyl (C=O) groups excluding carboxylic acids is 2. The molecule has 1 atom stereocenters. The Kier molecular flexibility index (Phi) is 7.24. The molecule has 0 bridgehead atoms. The zero-order valence-corrected chi connectivity index (χ0v) is 19.8. The number of sulfonamides is 1. The van der Waals surface area contributed by atoms with Crippen LogP contribution in [0.4, 0.5) is 36.8 Å². The molecule has 2 aromatic rings. The van der Waals surface area contributed by atoms with Crippen molar-refractivity contribution in [1.29, 1.82) is 0 Å². The number of urea groups is 1. The van der Waals surface area contributed by atoms with Crippen molar-refractivity contribution < 1.29 is 49.5 Å². The highest BCUT2D eigenvalue weighted by atomic mass is 32.2. The first kappa shape index (κ1) is 28.2. The average molecular weight is 554 g/mol. The third-order valence-electron chi connectivity index (χ3n) is 5.75. The number of nitrogens with zero attached hydrogens (tertiary/aromatic N) is 1. The second-order valence-electron chi connectivity index (χ2n) is 7.93. The number of rotatable bonds is 5. The minimum absolute atomic E-state index is 0.121. The first-order valence-corrected chi connectivity index (χ1v) is 11.8. The molecule has 202 valence electrons. The van der Waals surface area contributed by atoms with E-state index in [2.05, 4.69) is 15.4 Å². The lowest BCUT2D eigenvalue weighted by molar-refractivity contribution is -0.376. The summed E-state index contributed by atoms with van der Waals surface area (Å²) in [4.78, 5) is 26.4. The highest BCUT2D eigenvalue weighted by Gasteiger charge is 2.71. The van der Waals surface area contributed by atoms with Gasteiger partial charge in [0.1, 0.15) is 6.04 Å². The number of nitrogens with one attached hydrogen (secondary N) is 3. The Morgan fingerprint density at radius 1 is 0.973 bits per heavy atom. The largest absolute Gasteiger partial charge is 0.430 e. The minimum atomic E-state index is -6.07. The van der Waals surface area contributed by atoms with Crippen LogP contribution in [-0.4, -0.2) is 56.8 Å². The summed E-state index contributed by atoms with van der Waals surface area (Å²) in [5.41, 5.74) is -6.27. The summed E-state index contributed by atoms with van der Waals surface area (Å²) < 4.78 is 105. The standard InChI is InChI=1S/C21H20F6N4O5S/c1-28-18(33)31-10-11-9-14(37(35,36)29-2)7-8-15(11)16(31)17(32)30-13-5-3-12(4-6-13)19(34,20(22,23)24)21(25,26)27/h3-9,16,29,34H,10H2,1-2H3,(H,28,33)(H,30,32). The number of aliphatic hydroxyl groups is 1. The van der Waals surface area contributed by atoms with Crippen LogP contribution in [0.5, 0.6) is 0 Å². The molecule has 1 aliphatic heterocycles. The van der Waals surface area contributed by atoms with Crippen molar-refractivity contribution in [2.45, 2.75) is 35.4 Å². The Morgan fingerprint density at radius 3 is 2.03 bits per heavy atom. The van der Waals surface area contributed by atoms with Gasteiger partial charge >= 0.3 is 18.4 Å². The van der Waals surface area contributed by atoms with E-state index < -0.39 is 51.5 Å². The van der Waals surface area contributed by atoms with Crippen LogP contribution < -0.4 is 15.4 Å². The molecule has 3 amide bonds. The second kappa shape index (κ2) is 9.50. The Labute approximate surface area is 206 Å². The predicted molar refractivity (Wildman–Crippen MR) is 117 cm³/mol. The number of amides is 3. The minimum Gasteiger partial charge on any atom is -0.369 e. The Hall–Kier alpha value is -3.37. The molecule has 0 aromatic heterocycles. The third kappa shape index (κ3) is 4.95. The summed E-state index contributed by atoms with van der Waals surface area (Å²) in [7, 11) is -1.35. The first-order valence-electron chi connectivity index (χ1n) is 10.3. The topological polar surface area (TPSA) is 128 Å². The number of hydrogen-bond acceptors (Lipinski definition) is 5. The highest BCUT2D eigenvalue weighted by molar-refractivity contribution is 7.89. The lowest BCUT2D eigenvalue weighted by Crippen LogP contribution is -2.53. The molecule has 0 spiro atoms. The normalized spacial score (nSPS) is 16.4. The van der Waals surface area contributed by atoms with Crippen molar-refractivity contribution in [3.8, 4) is 0 Å². The molecule has 1 aliphatic rings. The van der Waals surface area contributed by atoms with Crippen molar-refractivity contribution in [3.63, 3.8) is 0 Å². The number of benzene rings is 2. The zero-order valence-electron chi connectivity index (χ0n) is 19.0. The van der Waals surface area contributed by atoms with Crippen LogP contribution in [0.25, 0.3) is 0 Å². The molecule has 2 aromatic carbocycles. The van der Waals surface area contributed by atoms with Gasteiger partial charge in [-0.05, 0) is 42.4 Å². The van der Waals surface area contributed by atoms with E-state index in [-0.39, 0.29) is 22.7 Å². The number of alkyl halides is 6. The van der Waals surface area contributed by atoms with Gasteiger partial charge in [-0.15, -0.1) is 0 Å². The van der Waals surface area contributed by atoms with Crippen molar-refractivity contribution >= 4 is 27.6 Å². The molecule has 37 heavy (non-hydrogen) atoms. The van der Waals surface area contributed by atoms with Gasteiger partial charge in [-0.1, -0.05) is 18.2 Å². The molecular weight excluding hydrogens is 534 g/mol. The monoisotopic (exact) mass is 554 g/mol. The fourth-order valence-corrected chi connectivity index (χ4v) is 4.60. The van der Waals surface area contributed by atoms with Crippen LogP contribution >= 0.6 is 0 Å². The van der Waals surface area contributed by atoms with E-state index in [1.54, 1.807) is 0 Å². The number of hydrogen-bond donors (Lipinski definition) is 4. The number of halogens is 6. The molecule has 0 aliphatic carbocycles. The van der Waals surface area contributed by atoms with E-state index in [0.717, 1.165) is 17.0 Å². The van der Waals surface area contributed by atoms with Gasteiger partial charge < -0.3 is 20.6 Å². The molecule has 0 radical (unpaired) electrons. The van der Waals surface area contributed by atoms with Gasteiger partial charge in [0.15, 0.2) is 0 Å². The summed E-state index contributed by atoms with van der Waals surface area (Å²) in [5.74, 6) is -0.874. The van der Waals surface area contributed by atoms with Crippen molar-refractivity contribution in [1.82, 2.24) is 14.9 Å². The van der Waals surface area contributed by atoms with Crippen LogP contribution in [0.15, 0.2) is 47.4 Å². The van der Waals surface area contributed by atoms with Gasteiger partial charge in [0.05, 0.1) is 4.90 Å². The summed E-state index contributed by atoms with van der Waals surface area (Å²) in [6.45, 7) is -0.163. The summed E-state index contributed by atoms with van der Waals surface area (Å²) in [6, 6.07) is 4.00. The molecule has 1 unspecified atom stereocenters. The van der Waals surface area contributed by atoms with Crippen molar-refractivity contribution in [2.75, 3.05) is 19.4 Å². The molecule has 16 heteroatoms. The van der Waals surface area contributed by atoms with Crippen LogP contribution in [0.3, 0.4) is 0 Å². The van der Waals surface area contributed by atoms with Gasteiger partial charge in [-0.25, -0.2) is 17.9 Å². The van der Waals surface area contributed by atoms with Crippen molar-refractivity contribution in [2.24, 2.45) is 0 Å². The van der Waals surface area contributed by atoms with E-state index in [1.165, 1.54) is 32.3 Å². The van der Waals surface area contributed by atoms with Crippen molar-refractivity contribution in [3.05, 3.63) is 59.2 Å². The maximum atomic E-state index is 13.1. The van der Waals surface area contributed by atoms with E-state index in [9.17, 15) is 49.5 Å². The molecule has 4 N–H and O–H groups in total. The average Bonchev–Trinajstić information content (AvgIpc) is 3.21. The summed E-state index contributed by atoms with van der Waals surface area (Å²) >= 11 is 0. The molecule has 0 saturated carbocycles. The third-order valence-corrected chi connectivity index (χ3v) is 7.17. The Bertz CT molecular complexity index is 1300. The Balaban J connectivity index is 1.94. The molecule has 0 fully saturated rings. The van der Waals surface area contributed by atoms with Gasteiger partial charge in [-0.2, -0.15) is 26.3 Å². The molecule has 3 rings (SSSR count). The predicted octanol–water partition coefficient (Wildman–Crippen LogP) is 2.74. The number of carbonyl (C=O) groups is 2. The van der Waals surface area contributed by atoms with Crippen LogP contribution in [-0.2, 0) is 27.0 Å². The van der Waals surface area contributed by atoms with Gasteiger partial charge in [0.25, 0.3) is 11.5 Å². The lowest BCUT2D eigenvalue weighted by Gasteiger charge is -2.32. The van der Waals surface area contributed by atoms with Crippen LogP contribution in [0.2, 0.25) is 0 Å². The maximum Gasteiger partial charge on any atom is 0.430 e. The smallest absolute Gasteiger partial charge is 0.369 e. The first-order chi connectivity index (χ1) is 17.0. The van der Waals surface area contributed by atoms with Crippen LogP contribution in [0.1, 0.15) is 22.7 Å². The quantitative estimate of drug-likeness (QED) is 0.423. The fourth-order valence-electron chi connectivity index (χ4n) is 3.82. The van der Waals surface area contributed by atoms with E-state index in [4.69, 9.17) is 0 Å². The van der Waals surface area contributed by atoms with E-state index in [1.807, 2.05) is 0 Å². The second-order valence-corrected chi connectivity index (χ2v) is 9.81. The van der Waals surface area contributed by atoms with Gasteiger partial charge in [-0.3, -0.25) is 4.79 Å². The molecule has 0 saturated heterocycles. The maximum absolute atomic E-state index is 13.1. The number of anilines is 1. The summed E-state index contributed by atoms with van der Waals surface area (Å²) in [6.07, 6.45) is -12.1. The Morgan fingerprint density at radius 2 is 1.54 bits per heavy atom. The molecule has 9 nitrogen and oxygen atoms in total. The SMILES string of the molecule is CNC(=O)N1Cc2cc(S(=O)(=O)NC)ccc2C1C(=O)Nc1ccc(C(O)(C(F)(F)F)C(F)(F)F)cc1. The van der Waals surface area contributed by atoms with E-state index >= 15 is 0 Å². The van der Waals surface area contributed by atoms with Crippen LogP contribution in [0, 0.1) is 0 Å². The molecule has 1 heterocycles. The van der Waals surface area contributed by atoms with E-state index in [0.29, 0.717) is 17.7 Å². The van der Waals surface area contributed by atoms with Gasteiger partial charge in [0.2, 0.25) is 10.0 Å². The summed E-state index contributed by atoms with van der Waals surface area (Å²) in [5, 5.41) is 14.1.